The van der Waals surface area contributed by atoms with Crippen molar-refractivity contribution in [3.05, 3.63) is 145 Å². The molecule has 0 fully saturated rings. The summed E-state index contributed by atoms with van der Waals surface area (Å²) in [6.07, 6.45) is 0. The number of anilines is 4. The largest absolute Gasteiger partial charge is 0.497 e. The Morgan fingerprint density at radius 1 is 0.429 bits per heavy atom. The number of benzene rings is 5. The van der Waals surface area contributed by atoms with Crippen LogP contribution in [0.5, 0.6) is 11.5 Å². The number of ketones is 2. The van der Waals surface area contributed by atoms with Gasteiger partial charge in [-0.2, -0.15) is 0 Å². The van der Waals surface area contributed by atoms with Gasteiger partial charge in [-0.3, -0.25) is 9.59 Å². The first-order valence-electron chi connectivity index (χ1n) is 13.4. The van der Waals surface area contributed by atoms with Gasteiger partial charge in [-0.1, -0.05) is 36.4 Å². The first-order valence-corrected chi connectivity index (χ1v) is 13.4. The maximum atomic E-state index is 10.8. The summed E-state index contributed by atoms with van der Waals surface area (Å²) < 4.78 is 9.88. The fourth-order valence-corrected chi connectivity index (χ4v) is 3.66. The smallest absolute Gasteiger partial charge is 0.159 e. The Morgan fingerprint density at radius 2 is 0.714 bits per heavy atom. The van der Waals surface area contributed by atoms with Crippen molar-refractivity contribution in [1.82, 2.24) is 0 Å². The van der Waals surface area contributed by atoms with Gasteiger partial charge in [-0.15, -0.1) is 0 Å². The second-order valence-electron chi connectivity index (χ2n) is 9.13. The Kier molecular flexibility index (Phi) is 12.4. The fourth-order valence-electron chi connectivity index (χ4n) is 3.66. The van der Waals surface area contributed by atoms with Gasteiger partial charge in [0.05, 0.1) is 14.2 Å². The van der Waals surface area contributed by atoms with E-state index in [-0.39, 0.29) is 11.6 Å². The van der Waals surface area contributed by atoms with Gasteiger partial charge in [-0.05, 0) is 111 Å². The van der Waals surface area contributed by atoms with Crippen LogP contribution in [0.3, 0.4) is 0 Å². The number of nitrogens with one attached hydrogen (secondary N) is 2. The molecule has 5 aromatic rings. The van der Waals surface area contributed by atoms with Gasteiger partial charge < -0.3 is 20.1 Å². The molecule has 0 bridgehead atoms. The average molecular weight is 561 g/mol. The van der Waals surface area contributed by atoms with Crippen LogP contribution in [0.4, 0.5) is 22.7 Å². The molecule has 0 amide bonds. The molecule has 0 aliphatic carbocycles. The molecule has 42 heavy (non-hydrogen) atoms. The Bertz CT molecular complexity index is 1380. The van der Waals surface area contributed by atoms with Gasteiger partial charge in [-0.25, -0.2) is 0 Å². The second-order valence-corrected chi connectivity index (χ2v) is 9.13. The summed E-state index contributed by atoms with van der Waals surface area (Å²) in [5.74, 6) is 1.70. The topological polar surface area (TPSA) is 76.7 Å². The molecule has 5 aromatic carbocycles. The molecule has 2 N–H and O–H groups in total. The molecule has 0 aromatic heterocycles. The van der Waals surface area contributed by atoms with Crippen molar-refractivity contribution in [1.29, 1.82) is 0 Å². The van der Waals surface area contributed by atoms with Crippen LogP contribution in [0.15, 0.2) is 133 Å². The molecule has 0 unspecified atom stereocenters. The van der Waals surface area contributed by atoms with Crippen molar-refractivity contribution in [2.24, 2.45) is 0 Å². The molecule has 6 heteroatoms. The van der Waals surface area contributed by atoms with Crippen molar-refractivity contribution in [3.8, 4) is 11.5 Å². The molecular weight excluding hydrogens is 524 g/mol. The molecule has 5 rings (SSSR count). The van der Waals surface area contributed by atoms with E-state index in [1.807, 2.05) is 36.4 Å². The van der Waals surface area contributed by atoms with Crippen molar-refractivity contribution >= 4 is 34.3 Å². The highest BCUT2D eigenvalue weighted by Crippen LogP contribution is 2.21. The van der Waals surface area contributed by atoms with Crippen LogP contribution < -0.4 is 20.1 Å². The third kappa shape index (κ3) is 10.7. The monoisotopic (exact) mass is 560 g/mol. The molecule has 0 spiro atoms. The summed E-state index contributed by atoms with van der Waals surface area (Å²) >= 11 is 0. The minimum absolute atomic E-state index is 0.0765. The summed E-state index contributed by atoms with van der Waals surface area (Å²) in [4.78, 5) is 21.6. The van der Waals surface area contributed by atoms with E-state index < -0.39 is 0 Å². The molecule has 0 aliphatic rings. The van der Waals surface area contributed by atoms with Crippen LogP contribution in [0.1, 0.15) is 34.6 Å². The van der Waals surface area contributed by atoms with Gasteiger partial charge in [0.25, 0.3) is 0 Å². The van der Waals surface area contributed by atoms with Crippen LogP contribution in [0.2, 0.25) is 0 Å². The zero-order valence-electron chi connectivity index (χ0n) is 24.3. The number of ether oxygens (including phenoxy) is 2. The van der Waals surface area contributed by atoms with E-state index in [9.17, 15) is 9.59 Å². The van der Waals surface area contributed by atoms with E-state index in [4.69, 9.17) is 9.47 Å². The first-order chi connectivity index (χ1) is 20.4. The Morgan fingerprint density at radius 3 is 0.976 bits per heavy atom. The number of para-hydroxylation sites is 2. The molecule has 0 aliphatic heterocycles. The number of methoxy groups -OCH3 is 2. The zero-order valence-corrected chi connectivity index (χ0v) is 24.3. The van der Waals surface area contributed by atoms with E-state index in [1.165, 1.54) is 0 Å². The van der Waals surface area contributed by atoms with Crippen molar-refractivity contribution in [2.45, 2.75) is 13.8 Å². The predicted molar refractivity (Wildman–Crippen MR) is 172 cm³/mol. The molecular formula is C36H36N2O4. The third-order valence-electron chi connectivity index (χ3n) is 6.00. The quantitative estimate of drug-likeness (QED) is 0.185. The highest BCUT2D eigenvalue weighted by molar-refractivity contribution is 5.94. The SMILES string of the molecule is COc1ccc(C(C)=O)cc1.COc1ccc(C(C)=O)cc1.c1ccc(Nc2ccc(Nc3ccccc3)cc2)cc1. The lowest BCUT2D eigenvalue weighted by molar-refractivity contribution is 0.100. The molecule has 0 heterocycles. The number of carbonyl (C=O) groups is 2. The van der Waals surface area contributed by atoms with Crippen LogP contribution >= 0.6 is 0 Å². The Balaban J connectivity index is 0.000000188. The first kappa shape index (κ1) is 31.2. The Hall–Kier alpha value is -5.36. The van der Waals surface area contributed by atoms with Gasteiger partial charge in [0.2, 0.25) is 0 Å². The molecule has 0 radical (unpaired) electrons. The van der Waals surface area contributed by atoms with E-state index in [0.717, 1.165) is 34.2 Å². The van der Waals surface area contributed by atoms with Crippen LogP contribution in [-0.4, -0.2) is 25.8 Å². The fraction of sp³-hybridized carbons (Fsp3) is 0.111. The number of hydrogen-bond donors (Lipinski definition) is 2. The van der Waals surface area contributed by atoms with Crippen LogP contribution in [0, 0.1) is 0 Å². The van der Waals surface area contributed by atoms with Crippen LogP contribution in [-0.2, 0) is 0 Å². The summed E-state index contributed by atoms with van der Waals surface area (Å²) in [5, 5.41) is 6.73. The van der Waals surface area contributed by atoms with Crippen molar-refractivity contribution in [2.75, 3.05) is 24.9 Å². The Labute approximate surface area is 248 Å². The number of rotatable bonds is 8. The van der Waals surface area contributed by atoms with Gasteiger partial charge in [0, 0.05) is 33.9 Å². The van der Waals surface area contributed by atoms with Crippen LogP contribution in [0.25, 0.3) is 0 Å². The lowest BCUT2D eigenvalue weighted by Gasteiger charge is -2.09. The molecule has 0 saturated heterocycles. The summed E-state index contributed by atoms with van der Waals surface area (Å²) in [6.45, 7) is 3.09. The lowest BCUT2D eigenvalue weighted by atomic mass is 10.1. The number of carbonyl (C=O) groups excluding carboxylic acids is 2. The maximum absolute atomic E-state index is 10.8. The lowest BCUT2D eigenvalue weighted by Crippen LogP contribution is -1.92. The standard InChI is InChI=1S/C18H16N2.2C9H10O2/c1-3-7-15(8-4-1)19-17-11-13-18(14-12-17)20-16-9-5-2-6-10-16;2*1-7(10)8-3-5-9(11-2)6-4-8/h1-14,19-20H;2*3-6H,1-2H3. The summed E-state index contributed by atoms with van der Waals surface area (Å²) in [6, 6.07) is 42.7. The van der Waals surface area contributed by atoms with E-state index in [2.05, 4.69) is 59.2 Å². The van der Waals surface area contributed by atoms with Gasteiger partial charge >= 0.3 is 0 Å². The minimum Gasteiger partial charge on any atom is -0.497 e. The van der Waals surface area contributed by atoms with E-state index >= 15 is 0 Å². The van der Waals surface area contributed by atoms with Gasteiger partial charge in [0.15, 0.2) is 11.6 Å². The highest BCUT2D eigenvalue weighted by Gasteiger charge is 1.99. The van der Waals surface area contributed by atoms with Gasteiger partial charge in [0.1, 0.15) is 11.5 Å². The number of Topliss-reactive ketones (excluding diaryl/α,β-unsaturated/α-hetero) is 2. The minimum atomic E-state index is 0.0765. The predicted octanol–water partition coefficient (Wildman–Crippen LogP) is 8.97. The van der Waals surface area contributed by atoms with Crippen molar-refractivity contribution in [3.63, 3.8) is 0 Å². The van der Waals surface area contributed by atoms with Crippen molar-refractivity contribution < 1.29 is 19.1 Å². The average Bonchev–Trinajstić information content (AvgIpc) is 3.03. The number of hydrogen-bond acceptors (Lipinski definition) is 6. The van der Waals surface area contributed by atoms with E-state index in [0.29, 0.717) is 11.1 Å². The summed E-state index contributed by atoms with van der Waals surface area (Å²) in [7, 11) is 3.20. The highest BCUT2D eigenvalue weighted by atomic mass is 16.5. The zero-order chi connectivity index (χ0) is 30.2. The molecule has 0 saturated carbocycles. The summed E-state index contributed by atoms with van der Waals surface area (Å²) in [5.41, 5.74) is 5.77. The maximum Gasteiger partial charge on any atom is 0.159 e. The normalized spacial score (nSPS) is 9.62. The second kappa shape index (κ2) is 16.7. The van der Waals surface area contributed by atoms with E-state index in [1.54, 1.807) is 76.6 Å². The molecule has 6 nitrogen and oxygen atoms in total. The molecule has 214 valence electrons. The molecule has 0 atom stereocenters. The third-order valence-corrected chi connectivity index (χ3v) is 6.00.